The third kappa shape index (κ3) is 4.08. The Bertz CT molecular complexity index is 755. The van der Waals surface area contributed by atoms with E-state index >= 15 is 0 Å². The van der Waals surface area contributed by atoms with E-state index < -0.39 is 17.5 Å². The van der Waals surface area contributed by atoms with Crippen LogP contribution >= 0.6 is 0 Å². The van der Waals surface area contributed by atoms with Crippen molar-refractivity contribution in [1.82, 2.24) is 5.32 Å². The first-order valence-electron chi connectivity index (χ1n) is 9.00. The normalized spacial score (nSPS) is 12.5. The van der Waals surface area contributed by atoms with Crippen LogP contribution in [0.1, 0.15) is 23.1 Å². The van der Waals surface area contributed by atoms with Gasteiger partial charge in [-0.25, -0.2) is 0 Å². The highest BCUT2D eigenvalue weighted by molar-refractivity contribution is 5.74. The molecule has 0 bridgehead atoms. The summed E-state index contributed by atoms with van der Waals surface area (Å²) in [5, 5.41) is 13.5. The Labute approximate surface area is 159 Å². The summed E-state index contributed by atoms with van der Waals surface area (Å²) in [5.41, 5.74) is 7.74. The molecule has 0 aliphatic carbocycles. The zero-order chi connectivity index (χ0) is 19.1. The number of benzene rings is 3. The summed E-state index contributed by atoms with van der Waals surface area (Å²) in [5.74, 6) is -0.454. The summed E-state index contributed by atoms with van der Waals surface area (Å²) in [4.78, 5) is 11.5. The van der Waals surface area contributed by atoms with E-state index in [1.165, 1.54) is 0 Å². The molecule has 4 N–H and O–H groups in total. The van der Waals surface area contributed by atoms with Gasteiger partial charge in [-0.1, -0.05) is 91.0 Å². The number of nitrogens with one attached hydrogen (secondary N) is 1. The molecule has 0 radical (unpaired) electrons. The number of rotatable bonds is 8. The van der Waals surface area contributed by atoms with Gasteiger partial charge in [-0.2, -0.15) is 0 Å². The first-order valence-corrected chi connectivity index (χ1v) is 9.00. The van der Waals surface area contributed by atoms with Crippen LogP contribution in [0.25, 0.3) is 0 Å². The van der Waals surface area contributed by atoms with Crippen molar-refractivity contribution in [3.05, 3.63) is 108 Å². The van der Waals surface area contributed by atoms with Crippen molar-refractivity contribution in [3.63, 3.8) is 0 Å². The molecule has 0 aliphatic rings. The van der Waals surface area contributed by atoms with Crippen molar-refractivity contribution in [3.8, 4) is 0 Å². The third-order valence-corrected chi connectivity index (χ3v) is 4.71. The highest BCUT2D eigenvalue weighted by atomic mass is 16.3. The molecular formula is C23H24N2O2. The van der Waals surface area contributed by atoms with E-state index in [9.17, 15) is 9.90 Å². The smallest absolute Gasteiger partial charge is 0.219 e. The molecule has 4 nitrogen and oxygen atoms in total. The van der Waals surface area contributed by atoms with E-state index in [1.807, 2.05) is 91.0 Å². The van der Waals surface area contributed by atoms with Gasteiger partial charge in [0.1, 0.15) is 0 Å². The fraction of sp³-hybridized carbons (Fsp3) is 0.174. The zero-order valence-corrected chi connectivity index (χ0v) is 15.1. The molecule has 4 heteroatoms. The molecule has 1 atom stereocenters. The van der Waals surface area contributed by atoms with Gasteiger partial charge in [0.05, 0.1) is 12.1 Å². The number of aliphatic hydroxyl groups excluding tert-OH is 1. The highest BCUT2D eigenvalue weighted by Gasteiger charge is 2.38. The number of amides is 1. The second-order valence-corrected chi connectivity index (χ2v) is 6.54. The van der Waals surface area contributed by atoms with Gasteiger partial charge < -0.3 is 10.8 Å². The molecule has 0 saturated carbocycles. The van der Waals surface area contributed by atoms with Gasteiger partial charge >= 0.3 is 0 Å². The van der Waals surface area contributed by atoms with E-state index in [2.05, 4.69) is 5.32 Å². The van der Waals surface area contributed by atoms with Crippen LogP contribution in [-0.4, -0.2) is 23.7 Å². The maximum atomic E-state index is 11.5. The van der Waals surface area contributed by atoms with E-state index in [4.69, 9.17) is 5.73 Å². The lowest BCUT2D eigenvalue weighted by Crippen LogP contribution is -2.52. The van der Waals surface area contributed by atoms with Crippen LogP contribution in [0.15, 0.2) is 91.0 Å². The van der Waals surface area contributed by atoms with Gasteiger partial charge in [0.25, 0.3) is 0 Å². The van der Waals surface area contributed by atoms with E-state index in [0.717, 1.165) is 16.7 Å². The molecule has 3 rings (SSSR count). The van der Waals surface area contributed by atoms with Crippen molar-refractivity contribution in [2.75, 3.05) is 6.61 Å². The Morgan fingerprint density at radius 3 is 1.48 bits per heavy atom. The fourth-order valence-electron chi connectivity index (χ4n) is 3.52. The van der Waals surface area contributed by atoms with Crippen LogP contribution in [0.5, 0.6) is 0 Å². The molecule has 0 saturated heterocycles. The largest absolute Gasteiger partial charge is 0.395 e. The number of aliphatic hydroxyl groups is 1. The lowest BCUT2D eigenvalue weighted by Gasteiger charge is -2.39. The molecule has 0 aromatic heterocycles. The SMILES string of the molecule is NC(=O)C[C@H](CO)NC(c1ccccc1)(c1ccccc1)c1ccccc1. The van der Waals surface area contributed by atoms with Crippen LogP contribution in [0.4, 0.5) is 0 Å². The minimum Gasteiger partial charge on any atom is -0.395 e. The van der Waals surface area contributed by atoms with Gasteiger partial charge in [-0.3, -0.25) is 10.1 Å². The summed E-state index contributed by atoms with van der Waals surface area (Å²) >= 11 is 0. The molecule has 0 aliphatic heterocycles. The van der Waals surface area contributed by atoms with Crippen LogP contribution in [0, 0.1) is 0 Å². The van der Waals surface area contributed by atoms with Crippen molar-refractivity contribution < 1.29 is 9.90 Å². The standard InChI is InChI=1S/C23H24N2O2/c24-22(27)16-21(17-26)25-23(18-10-4-1-5-11-18,19-12-6-2-7-13-19)20-14-8-3-9-15-20/h1-15,21,25-26H,16-17H2,(H2,24,27)/t21-/m1/s1. The molecule has 1 amide bonds. The molecule has 0 fully saturated rings. The topological polar surface area (TPSA) is 75.4 Å². The Morgan fingerprint density at radius 2 is 1.19 bits per heavy atom. The first kappa shape index (κ1) is 18.8. The molecule has 138 valence electrons. The third-order valence-electron chi connectivity index (χ3n) is 4.71. The predicted molar refractivity (Wildman–Crippen MR) is 107 cm³/mol. The van der Waals surface area contributed by atoms with Gasteiger partial charge in [-0.05, 0) is 16.7 Å². The molecular weight excluding hydrogens is 336 g/mol. The average Bonchev–Trinajstić information content (AvgIpc) is 2.73. The molecule has 0 spiro atoms. The van der Waals surface area contributed by atoms with Crippen LogP contribution < -0.4 is 11.1 Å². The highest BCUT2D eigenvalue weighted by Crippen LogP contribution is 2.37. The maximum absolute atomic E-state index is 11.5. The summed E-state index contributed by atoms with van der Waals surface area (Å²) in [6, 6.07) is 29.6. The van der Waals surface area contributed by atoms with Gasteiger partial charge in [0, 0.05) is 12.5 Å². The van der Waals surface area contributed by atoms with Crippen LogP contribution in [-0.2, 0) is 10.3 Å². The molecule has 3 aromatic carbocycles. The van der Waals surface area contributed by atoms with Crippen molar-refractivity contribution >= 4 is 5.91 Å². The first-order chi connectivity index (χ1) is 13.2. The molecule has 0 heterocycles. The van der Waals surface area contributed by atoms with E-state index in [-0.39, 0.29) is 13.0 Å². The Morgan fingerprint density at radius 1 is 0.815 bits per heavy atom. The number of primary amides is 1. The monoisotopic (exact) mass is 360 g/mol. The Balaban J connectivity index is 2.24. The number of nitrogens with two attached hydrogens (primary N) is 1. The van der Waals surface area contributed by atoms with E-state index in [1.54, 1.807) is 0 Å². The minimum absolute atomic E-state index is 0.0464. The number of carbonyl (C=O) groups is 1. The molecule has 0 unspecified atom stereocenters. The fourth-order valence-corrected chi connectivity index (χ4v) is 3.52. The van der Waals surface area contributed by atoms with Gasteiger partial charge in [0.2, 0.25) is 5.91 Å². The predicted octanol–water partition coefficient (Wildman–Crippen LogP) is 2.80. The quantitative estimate of drug-likeness (QED) is 0.541. The van der Waals surface area contributed by atoms with Gasteiger partial charge in [0.15, 0.2) is 0 Å². The average molecular weight is 360 g/mol. The van der Waals surface area contributed by atoms with E-state index in [0.29, 0.717) is 0 Å². The van der Waals surface area contributed by atoms with Crippen LogP contribution in [0.3, 0.4) is 0 Å². The van der Waals surface area contributed by atoms with Crippen molar-refractivity contribution in [2.24, 2.45) is 5.73 Å². The zero-order valence-electron chi connectivity index (χ0n) is 15.1. The summed E-state index contributed by atoms with van der Waals surface area (Å²) in [7, 11) is 0. The molecule has 27 heavy (non-hydrogen) atoms. The Hall–Kier alpha value is -2.95. The Kier molecular flexibility index (Phi) is 6.01. The molecule has 3 aromatic rings. The maximum Gasteiger partial charge on any atom is 0.219 e. The van der Waals surface area contributed by atoms with Crippen molar-refractivity contribution in [2.45, 2.75) is 18.0 Å². The van der Waals surface area contributed by atoms with Crippen molar-refractivity contribution in [1.29, 1.82) is 0 Å². The second kappa shape index (κ2) is 8.62. The van der Waals surface area contributed by atoms with Crippen LogP contribution in [0.2, 0.25) is 0 Å². The summed E-state index contributed by atoms with van der Waals surface area (Å²) in [6.45, 7) is -0.197. The second-order valence-electron chi connectivity index (χ2n) is 6.54. The number of hydrogen-bond acceptors (Lipinski definition) is 3. The lowest BCUT2D eigenvalue weighted by atomic mass is 9.76. The minimum atomic E-state index is -0.730. The van der Waals surface area contributed by atoms with Gasteiger partial charge in [-0.15, -0.1) is 0 Å². The summed E-state index contributed by atoms with van der Waals surface area (Å²) in [6.07, 6.45) is 0.0464. The summed E-state index contributed by atoms with van der Waals surface area (Å²) < 4.78 is 0. The number of hydrogen-bond donors (Lipinski definition) is 3. The lowest BCUT2D eigenvalue weighted by molar-refractivity contribution is -0.118. The number of carbonyl (C=O) groups excluding carboxylic acids is 1.